The summed E-state index contributed by atoms with van der Waals surface area (Å²) in [4.78, 5) is 26.4. The van der Waals surface area contributed by atoms with E-state index in [1.165, 1.54) is 11.8 Å². The maximum absolute atomic E-state index is 12.6. The highest BCUT2D eigenvalue weighted by atomic mass is 32.2. The second-order valence-corrected chi connectivity index (χ2v) is 7.92. The highest BCUT2D eigenvalue weighted by Gasteiger charge is 2.18. The molecule has 0 aliphatic heterocycles. The molecule has 1 heterocycles. The molecule has 0 radical (unpaired) electrons. The average molecular weight is 399 g/mol. The molecule has 5 N–H and O–H groups in total. The summed E-state index contributed by atoms with van der Waals surface area (Å²) >= 11 is 2.76. The van der Waals surface area contributed by atoms with E-state index in [2.05, 4.69) is 20.3 Å². The predicted octanol–water partition coefficient (Wildman–Crippen LogP) is 3.31. The minimum absolute atomic E-state index is 0.0298. The number of nitrogens with two attached hydrogens (primary N) is 2. The zero-order valence-corrected chi connectivity index (χ0v) is 16.1. The van der Waals surface area contributed by atoms with Gasteiger partial charge in [-0.05, 0) is 31.2 Å². The van der Waals surface area contributed by atoms with Gasteiger partial charge in [-0.25, -0.2) is 0 Å². The van der Waals surface area contributed by atoms with E-state index in [-0.39, 0.29) is 17.8 Å². The highest BCUT2D eigenvalue weighted by molar-refractivity contribution is 8.00. The van der Waals surface area contributed by atoms with Crippen LogP contribution in [0.15, 0.2) is 69.5 Å². The van der Waals surface area contributed by atoms with Gasteiger partial charge >= 0.3 is 0 Å². The minimum atomic E-state index is -0.444. The highest BCUT2D eigenvalue weighted by Crippen LogP contribution is 2.33. The number of nitrogen functional groups attached to an aromatic ring is 2. The standard InChI is InChI=1S/C18H18N6OS2/c1-11(26-18-23-16(19)22-17(20)24-18)15(25)21-13-9-5-6-10-14(13)27-12-7-3-2-4-8-12/h2-11H,1H3,(H,21,25)(H4,19,20,22,23,24)/t11-/m1/s1. The summed E-state index contributed by atoms with van der Waals surface area (Å²) in [6.45, 7) is 1.77. The van der Waals surface area contributed by atoms with E-state index in [4.69, 9.17) is 11.5 Å². The van der Waals surface area contributed by atoms with Gasteiger partial charge in [-0.3, -0.25) is 4.79 Å². The Bertz CT molecular complexity index is 918. The molecule has 138 valence electrons. The lowest BCUT2D eigenvalue weighted by molar-refractivity contribution is -0.115. The van der Waals surface area contributed by atoms with Crippen molar-refractivity contribution in [3.8, 4) is 0 Å². The fourth-order valence-electron chi connectivity index (χ4n) is 2.16. The van der Waals surface area contributed by atoms with Crippen LogP contribution in [0.1, 0.15) is 6.92 Å². The normalized spacial score (nSPS) is 11.7. The van der Waals surface area contributed by atoms with Gasteiger partial charge < -0.3 is 16.8 Å². The first-order valence-corrected chi connectivity index (χ1v) is 9.77. The molecule has 0 aliphatic rings. The molecule has 0 fully saturated rings. The van der Waals surface area contributed by atoms with Crippen molar-refractivity contribution in [1.82, 2.24) is 15.0 Å². The number of nitrogens with one attached hydrogen (secondary N) is 1. The first-order valence-electron chi connectivity index (χ1n) is 8.08. The van der Waals surface area contributed by atoms with E-state index in [0.29, 0.717) is 5.16 Å². The molecule has 3 rings (SSSR count). The molecule has 0 saturated carbocycles. The number of carbonyl (C=O) groups is 1. The van der Waals surface area contributed by atoms with Gasteiger partial charge in [0, 0.05) is 9.79 Å². The van der Waals surface area contributed by atoms with Gasteiger partial charge in [0.1, 0.15) is 0 Å². The summed E-state index contributed by atoms with van der Waals surface area (Å²) in [6, 6.07) is 17.7. The van der Waals surface area contributed by atoms with Crippen molar-refractivity contribution >= 4 is 47.0 Å². The Balaban J connectivity index is 1.70. The van der Waals surface area contributed by atoms with Crippen LogP contribution in [0.4, 0.5) is 17.6 Å². The van der Waals surface area contributed by atoms with Crippen LogP contribution in [0.3, 0.4) is 0 Å². The SMILES string of the molecule is C[C@@H](Sc1nc(N)nc(N)n1)C(=O)Nc1ccccc1Sc1ccccc1. The lowest BCUT2D eigenvalue weighted by atomic mass is 10.3. The minimum Gasteiger partial charge on any atom is -0.368 e. The number of hydrogen-bond acceptors (Lipinski definition) is 8. The number of anilines is 3. The molecule has 1 aromatic heterocycles. The number of aromatic nitrogens is 3. The van der Waals surface area contributed by atoms with Crippen LogP contribution in [0, 0.1) is 0 Å². The van der Waals surface area contributed by atoms with Crippen LogP contribution in [-0.2, 0) is 4.79 Å². The fraction of sp³-hybridized carbons (Fsp3) is 0.111. The molecule has 0 aliphatic carbocycles. The fourth-order valence-corrected chi connectivity index (χ4v) is 3.86. The molecule has 2 aromatic carbocycles. The van der Waals surface area contributed by atoms with Gasteiger partial charge in [0.05, 0.1) is 10.9 Å². The predicted molar refractivity (Wildman–Crippen MR) is 110 cm³/mol. The number of nitrogens with zero attached hydrogens (tertiary/aromatic N) is 3. The number of carbonyl (C=O) groups excluding carboxylic acids is 1. The number of hydrogen-bond donors (Lipinski definition) is 3. The summed E-state index contributed by atoms with van der Waals surface area (Å²) in [5.74, 6) is -0.108. The van der Waals surface area contributed by atoms with Crippen LogP contribution in [0.2, 0.25) is 0 Å². The Morgan fingerprint density at radius 2 is 1.59 bits per heavy atom. The monoisotopic (exact) mass is 398 g/mol. The van der Waals surface area contributed by atoms with E-state index >= 15 is 0 Å². The van der Waals surface area contributed by atoms with Gasteiger partial charge in [0.2, 0.25) is 17.8 Å². The third-order valence-electron chi connectivity index (χ3n) is 3.42. The first-order chi connectivity index (χ1) is 13.0. The Morgan fingerprint density at radius 3 is 2.30 bits per heavy atom. The van der Waals surface area contributed by atoms with Crippen LogP contribution < -0.4 is 16.8 Å². The first kappa shape index (κ1) is 19.0. The van der Waals surface area contributed by atoms with Gasteiger partial charge in [-0.2, -0.15) is 15.0 Å². The third kappa shape index (κ3) is 5.35. The zero-order valence-electron chi connectivity index (χ0n) is 14.5. The molecular formula is C18H18N6OS2. The third-order valence-corrected chi connectivity index (χ3v) is 5.46. The Kier molecular flexibility index (Phi) is 6.15. The molecule has 0 saturated heterocycles. The summed E-state index contributed by atoms with van der Waals surface area (Å²) in [7, 11) is 0. The van der Waals surface area contributed by atoms with Crippen molar-refractivity contribution in [2.75, 3.05) is 16.8 Å². The number of para-hydroxylation sites is 1. The number of benzene rings is 2. The largest absolute Gasteiger partial charge is 0.368 e. The topological polar surface area (TPSA) is 120 Å². The van der Waals surface area contributed by atoms with Gasteiger partial charge in [0.25, 0.3) is 0 Å². The number of amides is 1. The van der Waals surface area contributed by atoms with Crippen molar-refractivity contribution < 1.29 is 4.79 Å². The summed E-state index contributed by atoms with van der Waals surface area (Å²) in [6.07, 6.45) is 0. The molecule has 0 unspecified atom stereocenters. The van der Waals surface area contributed by atoms with Crippen LogP contribution in [-0.4, -0.2) is 26.1 Å². The summed E-state index contributed by atoms with van der Waals surface area (Å²) in [5, 5.41) is 2.84. The molecule has 0 spiro atoms. The molecule has 7 nitrogen and oxygen atoms in total. The lowest BCUT2D eigenvalue weighted by Crippen LogP contribution is -2.23. The Labute approximate surface area is 165 Å². The van der Waals surface area contributed by atoms with Crippen molar-refractivity contribution in [1.29, 1.82) is 0 Å². The maximum atomic E-state index is 12.6. The summed E-state index contributed by atoms with van der Waals surface area (Å²) < 4.78 is 0. The number of thioether (sulfide) groups is 1. The number of rotatable bonds is 6. The van der Waals surface area contributed by atoms with E-state index in [1.807, 2.05) is 54.6 Å². The summed E-state index contributed by atoms with van der Waals surface area (Å²) in [5.41, 5.74) is 11.9. The van der Waals surface area contributed by atoms with Crippen molar-refractivity contribution in [2.45, 2.75) is 27.1 Å². The molecule has 27 heavy (non-hydrogen) atoms. The Hall–Kier alpha value is -2.78. The van der Waals surface area contributed by atoms with Gasteiger partial charge in [-0.15, -0.1) is 0 Å². The quantitative estimate of drug-likeness (QED) is 0.541. The van der Waals surface area contributed by atoms with Crippen molar-refractivity contribution in [3.63, 3.8) is 0 Å². The zero-order chi connectivity index (χ0) is 19.2. The van der Waals surface area contributed by atoms with E-state index in [1.54, 1.807) is 18.7 Å². The van der Waals surface area contributed by atoms with Crippen molar-refractivity contribution in [3.05, 3.63) is 54.6 Å². The average Bonchev–Trinajstić information content (AvgIpc) is 2.63. The Morgan fingerprint density at radius 1 is 0.963 bits per heavy atom. The molecular weight excluding hydrogens is 380 g/mol. The van der Waals surface area contributed by atoms with Crippen LogP contribution in [0.5, 0.6) is 0 Å². The van der Waals surface area contributed by atoms with E-state index in [9.17, 15) is 4.79 Å². The van der Waals surface area contributed by atoms with Gasteiger partial charge in [-0.1, -0.05) is 53.9 Å². The van der Waals surface area contributed by atoms with Crippen molar-refractivity contribution in [2.24, 2.45) is 0 Å². The molecule has 3 aromatic rings. The second-order valence-electron chi connectivity index (χ2n) is 5.49. The second kappa shape index (κ2) is 8.74. The van der Waals surface area contributed by atoms with Gasteiger partial charge in [0.15, 0.2) is 5.16 Å². The molecule has 9 heteroatoms. The molecule has 1 amide bonds. The van der Waals surface area contributed by atoms with E-state index < -0.39 is 5.25 Å². The molecule has 0 bridgehead atoms. The van der Waals surface area contributed by atoms with E-state index in [0.717, 1.165) is 15.5 Å². The smallest absolute Gasteiger partial charge is 0.237 e. The maximum Gasteiger partial charge on any atom is 0.237 e. The molecule has 1 atom stereocenters. The lowest BCUT2D eigenvalue weighted by Gasteiger charge is -2.14. The van der Waals surface area contributed by atoms with Crippen LogP contribution >= 0.6 is 23.5 Å². The van der Waals surface area contributed by atoms with Crippen LogP contribution in [0.25, 0.3) is 0 Å².